The van der Waals surface area contributed by atoms with Crippen molar-refractivity contribution in [1.29, 1.82) is 0 Å². The number of carbonyl (C=O) groups is 1. The van der Waals surface area contributed by atoms with Crippen LogP contribution >= 0.6 is 0 Å². The number of aliphatic carboxylic acids is 1. The van der Waals surface area contributed by atoms with Crippen molar-refractivity contribution >= 4 is 5.97 Å². The first kappa shape index (κ1) is 13.1. The van der Waals surface area contributed by atoms with Crippen molar-refractivity contribution in [2.75, 3.05) is 0 Å². The van der Waals surface area contributed by atoms with E-state index in [0.29, 0.717) is 0 Å². The third-order valence-electron chi connectivity index (χ3n) is 1.62. The van der Waals surface area contributed by atoms with Crippen molar-refractivity contribution in [3.63, 3.8) is 0 Å². The molecule has 0 aliphatic rings. The fourth-order valence-corrected chi connectivity index (χ4v) is 1.09. The van der Waals surface area contributed by atoms with Gasteiger partial charge in [0, 0.05) is 0 Å². The van der Waals surface area contributed by atoms with Gasteiger partial charge < -0.3 is 11.3 Å². The lowest BCUT2D eigenvalue weighted by Crippen LogP contribution is -2.12. The summed E-state index contributed by atoms with van der Waals surface area (Å²) in [6.07, 6.45) is 3.58. The summed E-state index contributed by atoms with van der Waals surface area (Å²) in [6.45, 7) is 4.04. The van der Waals surface area contributed by atoms with E-state index in [1.807, 2.05) is 13.8 Å². The molecule has 0 unspecified atom stereocenters. The maximum Gasteiger partial charge on any atom is 0.306 e. The van der Waals surface area contributed by atoms with Crippen molar-refractivity contribution in [2.45, 2.75) is 39.5 Å². The third kappa shape index (κ3) is 5.85. The second-order valence-corrected chi connectivity index (χ2v) is 2.61. The summed E-state index contributed by atoms with van der Waals surface area (Å²) in [6, 6.07) is 0. The van der Waals surface area contributed by atoms with E-state index < -0.39 is 5.97 Å². The van der Waals surface area contributed by atoms with Gasteiger partial charge in [0.15, 0.2) is 0 Å². The Hall–Kier alpha value is -0.570. The molecule has 0 saturated heterocycles. The average Bonchev–Trinajstić information content (AvgIpc) is 1.87. The molecular formula is C8H19NO2. The van der Waals surface area contributed by atoms with Crippen LogP contribution < -0.4 is 6.15 Å². The Morgan fingerprint density at radius 1 is 1.27 bits per heavy atom. The minimum Gasteiger partial charge on any atom is -0.481 e. The lowest BCUT2D eigenvalue weighted by atomic mass is 9.99. The highest BCUT2D eigenvalue weighted by Crippen LogP contribution is 2.12. The van der Waals surface area contributed by atoms with E-state index in [9.17, 15) is 4.79 Å². The minimum atomic E-state index is -0.635. The van der Waals surface area contributed by atoms with Gasteiger partial charge in [-0.2, -0.15) is 0 Å². The number of hydrogen-bond acceptors (Lipinski definition) is 2. The lowest BCUT2D eigenvalue weighted by Gasteiger charge is -2.07. The molecule has 0 heterocycles. The van der Waals surface area contributed by atoms with Crippen LogP contribution in [-0.4, -0.2) is 11.1 Å². The molecule has 11 heavy (non-hydrogen) atoms. The van der Waals surface area contributed by atoms with Crippen molar-refractivity contribution in [2.24, 2.45) is 5.92 Å². The molecule has 0 bridgehead atoms. The van der Waals surface area contributed by atoms with E-state index >= 15 is 0 Å². The lowest BCUT2D eigenvalue weighted by molar-refractivity contribution is -0.142. The van der Waals surface area contributed by atoms with Crippen LogP contribution in [0.1, 0.15) is 39.5 Å². The summed E-state index contributed by atoms with van der Waals surface area (Å²) in [5, 5.41) is 8.64. The molecule has 3 nitrogen and oxygen atoms in total. The zero-order valence-corrected chi connectivity index (χ0v) is 7.47. The average molecular weight is 161 g/mol. The van der Waals surface area contributed by atoms with Crippen LogP contribution in [0.25, 0.3) is 0 Å². The van der Waals surface area contributed by atoms with Crippen LogP contribution in [0.3, 0.4) is 0 Å². The molecule has 0 amide bonds. The van der Waals surface area contributed by atoms with E-state index in [-0.39, 0.29) is 12.1 Å². The minimum absolute atomic E-state index is 0. The molecule has 0 aromatic carbocycles. The van der Waals surface area contributed by atoms with E-state index in [0.717, 1.165) is 25.7 Å². The first-order chi connectivity index (χ1) is 4.72. The first-order valence-electron chi connectivity index (χ1n) is 3.95. The van der Waals surface area contributed by atoms with Gasteiger partial charge in [-0.05, 0) is 12.8 Å². The maximum absolute atomic E-state index is 10.5. The highest BCUT2D eigenvalue weighted by molar-refractivity contribution is 5.69. The fraction of sp³-hybridized carbons (Fsp3) is 0.875. The van der Waals surface area contributed by atoms with Gasteiger partial charge in [-0.3, -0.25) is 4.79 Å². The highest BCUT2D eigenvalue weighted by Gasteiger charge is 2.13. The standard InChI is InChI=1S/C8H16O2.H3N/c1-3-5-7(6-4-2)8(9)10;/h7H,3-6H2,1-2H3,(H,9,10);1H3. The molecule has 0 fully saturated rings. The van der Waals surface area contributed by atoms with Crippen LogP contribution in [0.4, 0.5) is 0 Å². The number of carboxylic acid groups (broad SMARTS) is 1. The molecule has 0 aliphatic heterocycles. The maximum atomic E-state index is 10.5. The van der Waals surface area contributed by atoms with Gasteiger partial charge in [-0.15, -0.1) is 0 Å². The first-order valence-corrected chi connectivity index (χ1v) is 3.95. The second-order valence-electron chi connectivity index (χ2n) is 2.61. The van der Waals surface area contributed by atoms with Crippen LogP contribution in [0, 0.1) is 5.92 Å². The topological polar surface area (TPSA) is 72.3 Å². The molecule has 68 valence electrons. The smallest absolute Gasteiger partial charge is 0.306 e. The van der Waals surface area contributed by atoms with Gasteiger partial charge in [0.1, 0.15) is 0 Å². The van der Waals surface area contributed by atoms with Crippen molar-refractivity contribution in [3.05, 3.63) is 0 Å². The summed E-state index contributed by atoms with van der Waals surface area (Å²) in [4.78, 5) is 10.5. The van der Waals surface area contributed by atoms with E-state index in [1.54, 1.807) is 0 Å². The van der Waals surface area contributed by atoms with Crippen LogP contribution in [0.15, 0.2) is 0 Å². The summed E-state index contributed by atoms with van der Waals surface area (Å²) < 4.78 is 0. The van der Waals surface area contributed by atoms with Crippen molar-refractivity contribution in [1.82, 2.24) is 6.15 Å². The zero-order chi connectivity index (χ0) is 7.98. The number of rotatable bonds is 5. The van der Waals surface area contributed by atoms with Crippen LogP contribution in [0.5, 0.6) is 0 Å². The Morgan fingerprint density at radius 3 is 1.82 bits per heavy atom. The summed E-state index contributed by atoms with van der Waals surface area (Å²) in [5.41, 5.74) is 0. The van der Waals surface area contributed by atoms with Crippen molar-refractivity contribution < 1.29 is 9.90 Å². The van der Waals surface area contributed by atoms with Crippen molar-refractivity contribution in [3.8, 4) is 0 Å². The predicted octanol–water partition coefficient (Wildman–Crippen LogP) is 2.45. The highest BCUT2D eigenvalue weighted by atomic mass is 16.4. The molecule has 0 aromatic heterocycles. The Bertz CT molecular complexity index is 98.3. The SMILES string of the molecule is CCCC(CCC)C(=O)O.N. The quantitative estimate of drug-likeness (QED) is 0.650. The molecule has 0 atom stereocenters. The van der Waals surface area contributed by atoms with E-state index in [4.69, 9.17) is 5.11 Å². The molecule has 0 aromatic rings. The van der Waals surface area contributed by atoms with Gasteiger partial charge >= 0.3 is 5.97 Å². The predicted molar refractivity (Wildman–Crippen MR) is 46.0 cm³/mol. The summed E-state index contributed by atoms with van der Waals surface area (Å²) >= 11 is 0. The van der Waals surface area contributed by atoms with Gasteiger partial charge in [0.25, 0.3) is 0 Å². The van der Waals surface area contributed by atoms with E-state index in [2.05, 4.69) is 0 Å². The van der Waals surface area contributed by atoms with Crippen LogP contribution in [0.2, 0.25) is 0 Å². The zero-order valence-electron chi connectivity index (χ0n) is 7.47. The Labute approximate surface area is 68.4 Å². The van der Waals surface area contributed by atoms with Gasteiger partial charge in [-0.25, -0.2) is 0 Å². The molecular weight excluding hydrogens is 142 g/mol. The number of carboxylic acids is 1. The normalized spacial score (nSPS) is 9.36. The van der Waals surface area contributed by atoms with Gasteiger partial charge in [0.05, 0.1) is 5.92 Å². The monoisotopic (exact) mass is 161 g/mol. The second kappa shape index (κ2) is 7.54. The molecule has 0 radical (unpaired) electrons. The molecule has 0 aliphatic carbocycles. The summed E-state index contributed by atoms with van der Waals surface area (Å²) in [7, 11) is 0. The number of hydrogen-bond donors (Lipinski definition) is 2. The third-order valence-corrected chi connectivity index (χ3v) is 1.62. The molecule has 0 rings (SSSR count). The Kier molecular flexibility index (Phi) is 8.94. The van der Waals surface area contributed by atoms with Crippen LogP contribution in [-0.2, 0) is 4.79 Å². The summed E-state index contributed by atoms with van der Waals surface area (Å²) in [5.74, 6) is -0.737. The van der Waals surface area contributed by atoms with Gasteiger partial charge in [-0.1, -0.05) is 26.7 Å². The molecule has 4 N–H and O–H groups in total. The molecule has 0 saturated carbocycles. The molecule has 3 heteroatoms. The molecule has 0 spiro atoms. The Morgan fingerprint density at radius 2 is 1.64 bits per heavy atom. The van der Waals surface area contributed by atoms with Gasteiger partial charge in [0.2, 0.25) is 0 Å². The largest absolute Gasteiger partial charge is 0.481 e. The van der Waals surface area contributed by atoms with E-state index in [1.165, 1.54) is 0 Å². The fourth-order valence-electron chi connectivity index (χ4n) is 1.09. The Balaban J connectivity index is 0.